The molecule has 0 spiro atoms. The lowest BCUT2D eigenvalue weighted by atomic mass is 10.2. The minimum Gasteiger partial charge on any atom is -0.484 e. The summed E-state index contributed by atoms with van der Waals surface area (Å²) >= 11 is 0. The van der Waals surface area contributed by atoms with Gasteiger partial charge in [0.2, 0.25) is 5.88 Å². The molecule has 0 aliphatic carbocycles. The number of amides is 1. The van der Waals surface area contributed by atoms with Gasteiger partial charge in [-0.05, 0) is 11.6 Å². The highest BCUT2D eigenvalue weighted by Gasteiger charge is 2.15. The van der Waals surface area contributed by atoms with Crippen LogP contribution in [0.25, 0.3) is 11.0 Å². The van der Waals surface area contributed by atoms with Crippen molar-refractivity contribution in [1.29, 1.82) is 0 Å². The van der Waals surface area contributed by atoms with Crippen LogP contribution in [0.3, 0.4) is 0 Å². The number of nitrogens with zero attached hydrogens (tertiary/aromatic N) is 2. The van der Waals surface area contributed by atoms with Gasteiger partial charge in [-0.1, -0.05) is 30.3 Å². The van der Waals surface area contributed by atoms with Crippen LogP contribution >= 0.6 is 0 Å². The van der Waals surface area contributed by atoms with E-state index in [2.05, 4.69) is 15.3 Å². The second kappa shape index (κ2) is 6.82. The zero-order valence-electron chi connectivity index (χ0n) is 12.9. The van der Waals surface area contributed by atoms with Crippen molar-refractivity contribution >= 4 is 22.8 Å². The maximum absolute atomic E-state index is 11.0. The number of carboxylic acid groups (broad SMARTS) is 1. The Balaban J connectivity index is 2.03. The lowest BCUT2D eigenvalue weighted by molar-refractivity contribution is 0.209. The third-order valence-corrected chi connectivity index (χ3v) is 3.32. The molecule has 0 saturated heterocycles. The van der Waals surface area contributed by atoms with E-state index in [0.717, 1.165) is 5.56 Å². The Bertz CT molecular complexity index is 868. The Morgan fingerprint density at radius 1 is 1.21 bits per heavy atom. The minimum atomic E-state index is -1.20. The number of pyridine rings is 2. The molecule has 0 atom stereocenters. The van der Waals surface area contributed by atoms with Gasteiger partial charge in [-0.3, -0.25) is 10.3 Å². The lowest BCUT2D eigenvalue weighted by Crippen LogP contribution is -2.10. The number of benzene rings is 1. The second-order valence-corrected chi connectivity index (χ2v) is 4.93. The van der Waals surface area contributed by atoms with Gasteiger partial charge in [-0.15, -0.1) is 0 Å². The van der Waals surface area contributed by atoms with Crippen molar-refractivity contribution < 1.29 is 19.4 Å². The zero-order valence-corrected chi connectivity index (χ0v) is 12.9. The number of fused-ring (bicyclic) bond motifs is 1. The van der Waals surface area contributed by atoms with E-state index in [9.17, 15) is 4.79 Å². The maximum Gasteiger partial charge on any atom is 0.409 e. The topological polar surface area (TPSA) is 93.6 Å². The molecule has 0 fully saturated rings. The van der Waals surface area contributed by atoms with E-state index in [4.69, 9.17) is 14.6 Å². The fourth-order valence-corrected chi connectivity index (χ4v) is 2.22. The molecule has 0 bridgehead atoms. The van der Waals surface area contributed by atoms with E-state index < -0.39 is 6.09 Å². The number of hydrogen-bond acceptors (Lipinski definition) is 5. The van der Waals surface area contributed by atoms with Crippen LogP contribution in [-0.4, -0.2) is 28.3 Å². The summed E-state index contributed by atoms with van der Waals surface area (Å²) in [5, 5.41) is 11.3. The first-order valence-electron chi connectivity index (χ1n) is 7.18. The van der Waals surface area contributed by atoms with Gasteiger partial charge in [0.15, 0.2) is 5.75 Å². The highest BCUT2D eigenvalue weighted by Crippen LogP contribution is 2.33. The van der Waals surface area contributed by atoms with E-state index >= 15 is 0 Å². The number of methoxy groups -OCH3 is 1. The Morgan fingerprint density at radius 3 is 2.71 bits per heavy atom. The number of ether oxygens (including phenoxy) is 2. The van der Waals surface area contributed by atoms with Crippen molar-refractivity contribution in [3.63, 3.8) is 0 Å². The third kappa shape index (κ3) is 3.35. The van der Waals surface area contributed by atoms with Gasteiger partial charge >= 0.3 is 6.09 Å². The van der Waals surface area contributed by atoms with Gasteiger partial charge in [-0.2, -0.15) is 0 Å². The Morgan fingerprint density at radius 2 is 2.00 bits per heavy atom. The first-order valence-corrected chi connectivity index (χ1v) is 7.18. The number of aromatic nitrogens is 2. The molecule has 1 aromatic carbocycles. The molecule has 2 heterocycles. The first kappa shape index (κ1) is 15.5. The van der Waals surface area contributed by atoms with E-state index in [1.807, 2.05) is 30.3 Å². The van der Waals surface area contributed by atoms with Crippen LogP contribution in [0.2, 0.25) is 0 Å². The molecule has 3 aromatic rings. The average molecular weight is 325 g/mol. The van der Waals surface area contributed by atoms with Crippen LogP contribution in [0.5, 0.6) is 11.6 Å². The minimum absolute atomic E-state index is 0.228. The standard InChI is InChI=1S/C17H15N3O4/c1-23-14-8-7-12-15(20-14)16(13(9-18-12)19-17(21)22)24-10-11-5-3-2-4-6-11/h2-9,19H,10H2,1H3,(H,21,22). The number of nitrogens with one attached hydrogen (secondary N) is 1. The highest BCUT2D eigenvalue weighted by atomic mass is 16.5. The van der Waals surface area contributed by atoms with Crippen LogP contribution in [0.1, 0.15) is 5.56 Å². The fourth-order valence-electron chi connectivity index (χ4n) is 2.22. The molecule has 0 radical (unpaired) electrons. The molecule has 0 aliphatic rings. The summed E-state index contributed by atoms with van der Waals surface area (Å²) < 4.78 is 11.0. The number of rotatable bonds is 5. The molecular weight excluding hydrogens is 310 g/mol. The summed E-state index contributed by atoms with van der Waals surface area (Å²) in [4.78, 5) is 19.5. The molecule has 7 heteroatoms. The number of carbonyl (C=O) groups is 1. The van der Waals surface area contributed by atoms with E-state index in [-0.39, 0.29) is 12.3 Å². The molecule has 3 rings (SSSR count). The van der Waals surface area contributed by atoms with Crippen LogP contribution < -0.4 is 14.8 Å². The van der Waals surface area contributed by atoms with Gasteiger partial charge in [0.05, 0.1) is 18.8 Å². The van der Waals surface area contributed by atoms with Crippen molar-refractivity contribution in [3.05, 3.63) is 54.2 Å². The molecule has 1 amide bonds. The summed E-state index contributed by atoms with van der Waals surface area (Å²) in [6.07, 6.45) is 0.203. The molecule has 2 N–H and O–H groups in total. The van der Waals surface area contributed by atoms with Crippen LogP contribution in [-0.2, 0) is 6.61 Å². The average Bonchev–Trinajstić information content (AvgIpc) is 2.60. The van der Waals surface area contributed by atoms with Crippen molar-refractivity contribution in [2.45, 2.75) is 6.61 Å². The first-order chi connectivity index (χ1) is 11.7. The molecule has 7 nitrogen and oxygen atoms in total. The predicted molar refractivity (Wildman–Crippen MR) is 88.5 cm³/mol. The Kier molecular flexibility index (Phi) is 4.42. The van der Waals surface area contributed by atoms with Gasteiger partial charge in [0.1, 0.15) is 17.8 Å². The molecule has 24 heavy (non-hydrogen) atoms. The number of hydrogen-bond donors (Lipinski definition) is 2. The molecule has 122 valence electrons. The van der Waals surface area contributed by atoms with Gasteiger partial charge < -0.3 is 14.6 Å². The number of anilines is 1. The summed E-state index contributed by atoms with van der Waals surface area (Å²) in [6, 6.07) is 13.0. The Labute approximate surface area is 137 Å². The second-order valence-electron chi connectivity index (χ2n) is 4.93. The van der Waals surface area contributed by atoms with Crippen molar-refractivity contribution in [2.24, 2.45) is 0 Å². The quantitative estimate of drug-likeness (QED) is 0.747. The predicted octanol–water partition coefficient (Wildman–Crippen LogP) is 3.31. The maximum atomic E-state index is 11.0. The lowest BCUT2D eigenvalue weighted by Gasteiger charge is -2.13. The monoisotopic (exact) mass is 325 g/mol. The van der Waals surface area contributed by atoms with E-state index in [0.29, 0.717) is 22.7 Å². The fraction of sp³-hybridized carbons (Fsp3) is 0.118. The molecule has 0 aliphatic heterocycles. The molecule has 2 aromatic heterocycles. The summed E-state index contributed by atoms with van der Waals surface area (Å²) in [5.41, 5.74) is 2.18. The van der Waals surface area contributed by atoms with Crippen LogP contribution in [0.15, 0.2) is 48.7 Å². The van der Waals surface area contributed by atoms with E-state index in [1.54, 1.807) is 12.1 Å². The van der Waals surface area contributed by atoms with E-state index in [1.165, 1.54) is 13.3 Å². The third-order valence-electron chi connectivity index (χ3n) is 3.32. The summed E-state index contributed by atoms with van der Waals surface area (Å²) in [5.74, 6) is 0.700. The zero-order chi connectivity index (χ0) is 16.9. The highest BCUT2D eigenvalue weighted by molar-refractivity contribution is 5.93. The summed E-state index contributed by atoms with van der Waals surface area (Å²) in [6.45, 7) is 0.271. The van der Waals surface area contributed by atoms with Gasteiger partial charge in [0.25, 0.3) is 0 Å². The van der Waals surface area contributed by atoms with Crippen molar-refractivity contribution in [1.82, 2.24) is 9.97 Å². The van der Waals surface area contributed by atoms with Gasteiger partial charge in [0, 0.05) is 6.07 Å². The van der Waals surface area contributed by atoms with Crippen molar-refractivity contribution in [2.75, 3.05) is 12.4 Å². The summed E-state index contributed by atoms with van der Waals surface area (Å²) in [7, 11) is 1.51. The largest absolute Gasteiger partial charge is 0.484 e. The normalized spacial score (nSPS) is 10.4. The SMILES string of the molecule is COc1ccc2ncc(NC(=O)O)c(OCc3ccccc3)c2n1. The van der Waals surface area contributed by atoms with Crippen LogP contribution in [0, 0.1) is 0 Å². The Hall–Kier alpha value is -3.35. The van der Waals surface area contributed by atoms with Crippen molar-refractivity contribution in [3.8, 4) is 11.6 Å². The molecular formula is C17H15N3O4. The van der Waals surface area contributed by atoms with Crippen LogP contribution in [0.4, 0.5) is 10.5 Å². The van der Waals surface area contributed by atoms with Gasteiger partial charge in [-0.25, -0.2) is 9.78 Å². The molecule has 0 unspecified atom stereocenters. The molecule has 0 saturated carbocycles. The smallest absolute Gasteiger partial charge is 0.409 e.